The van der Waals surface area contributed by atoms with Gasteiger partial charge in [-0.3, -0.25) is 20.8 Å². The van der Waals surface area contributed by atoms with Gasteiger partial charge in [0.25, 0.3) is 0 Å². The summed E-state index contributed by atoms with van der Waals surface area (Å²) in [4.78, 5) is 22.5. The van der Waals surface area contributed by atoms with Gasteiger partial charge in [0.15, 0.2) is 0 Å². The zero-order valence-corrected chi connectivity index (χ0v) is 10.9. The van der Waals surface area contributed by atoms with E-state index in [0.29, 0.717) is 10.9 Å². The molecule has 0 bridgehead atoms. The number of nitrogen functional groups attached to an aromatic ring is 1. The number of hydrazine groups is 1. The number of nitrogens with one attached hydrogen (secondary N) is 2. The quantitative estimate of drug-likeness (QED) is 0.313. The van der Waals surface area contributed by atoms with Crippen LogP contribution in [0.25, 0.3) is 0 Å². The Hall–Kier alpha value is -1.80. The molecule has 0 saturated heterocycles. The molecule has 0 spiro atoms. The monoisotopic (exact) mass is 282 g/mol. The first-order chi connectivity index (χ1) is 9.11. The van der Waals surface area contributed by atoms with Crippen LogP contribution >= 0.6 is 11.8 Å². The van der Waals surface area contributed by atoms with E-state index in [1.54, 1.807) is 12.1 Å². The molecule has 8 heteroatoms. The predicted octanol–water partition coefficient (Wildman–Crippen LogP) is 1.25. The summed E-state index contributed by atoms with van der Waals surface area (Å²) >= 11 is 1.13. The van der Waals surface area contributed by atoms with Crippen LogP contribution in [0.15, 0.2) is 23.1 Å². The highest BCUT2D eigenvalue weighted by Gasteiger charge is 2.24. The number of amides is 1. The van der Waals surface area contributed by atoms with Crippen molar-refractivity contribution in [1.82, 2.24) is 5.32 Å². The van der Waals surface area contributed by atoms with E-state index in [-0.39, 0.29) is 23.0 Å². The predicted molar refractivity (Wildman–Crippen MR) is 72.8 cm³/mol. The van der Waals surface area contributed by atoms with Gasteiger partial charge in [0.2, 0.25) is 5.91 Å². The SMILES string of the molecule is NNc1cccc(SCC(=O)NC2CC2)c1[N+](=O)[O-]. The van der Waals surface area contributed by atoms with Crippen molar-refractivity contribution in [3.8, 4) is 0 Å². The largest absolute Gasteiger partial charge is 0.353 e. The standard InChI is InChI=1S/C11H14N4O3S/c12-14-8-2-1-3-9(11(8)15(17)18)19-6-10(16)13-7-4-5-7/h1-3,7,14H,4-6,12H2,(H,13,16). The Kier molecular flexibility index (Phi) is 4.23. The van der Waals surface area contributed by atoms with Gasteiger partial charge in [0, 0.05) is 6.04 Å². The van der Waals surface area contributed by atoms with Gasteiger partial charge in [-0.15, -0.1) is 11.8 Å². The van der Waals surface area contributed by atoms with Gasteiger partial charge in [-0.05, 0) is 25.0 Å². The van der Waals surface area contributed by atoms with E-state index in [0.717, 1.165) is 24.6 Å². The first kappa shape index (κ1) is 13.6. The van der Waals surface area contributed by atoms with Crippen molar-refractivity contribution < 1.29 is 9.72 Å². The normalized spacial score (nSPS) is 13.9. The van der Waals surface area contributed by atoms with Crippen LogP contribution in [0.4, 0.5) is 11.4 Å². The fourth-order valence-electron chi connectivity index (χ4n) is 1.58. The molecule has 1 amide bonds. The summed E-state index contributed by atoms with van der Waals surface area (Å²) in [5.74, 6) is 5.30. The number of carbonyl (C=O) groups is 1. The molecular formula is C11H14N4O3S. The fourth-order valence-corrected chi connectivity index (χ4v) is 2.45. The average molecular weight is 282 g/mol. The van der Waals surface area contributed by atoms with Gasteiger partial charge in [0.05, 0.1) is 15.6 Å². The number of para-hydroxylation sites is 1. The Morgan fingerprint density at radius 2 is 2.26 bits per heavy atom. The molecule has 0 radical (unpaired) electrons. The minimum Gasteiger partial charge on any atom is -0.353 e. The molecule has 0 atom stereocenters. The van der Waals surface area contributed by atoms with Crippen LogP contribution in [-0.4, -0.2) is 22.6 Å². The van der Waals surface area contributed by atoms with Crippen molar-refractivity contribution in [3.05, 3.63) is 28.3 Å². The number of nitrogens with two attached hydrogens (primary N) is 1. The number of nitrogens with zero attached hydrogens (tertiary/aromatic N) is 1. The fraction of sp³-hybridized carbons (Fsp3) is 0.364. The molecule has 1 aromatic rings. The third-order valence-corrected chi connectivity index (χ3v) is 3.69. The second-order valence-electron chi connectivity index (χ2n) is 4.18. The number of thioether (sulfide) groups is 1. The van der Waals surface area contributed by atoms with E-state index in [1.807, 2.05) is 0 Å². The van der Waals surface area contributed by atoms with Crippen LogP contribution in [0.1, 0.15) is 12.8 Å². The molecule has 4 N–H and O–H groups in total. The Morgan fingerprint density at radius 1 is 1.53 bits per heavy atom. The minimum absolute atomic E-state index is 0.103. The zero-order chi connectivity index (χ0) is 13.8. The average Bonchev–Trinajstić information content (AvgIpc) is 3.19. The van der Waals surface area contributed by atoms with Crippen molar-refractivity contribution in [2.75, 3.05) is 11.2 Å². The number of hydrogen-bond donors (Lipinski definition) is 3. The van der Waals surface area contributed by atoms with Crippen LogP contribution < -0.4 is 16.6 Å². The molecule has 1 aliphatic carbocycles. The zero-order valence-electron chi connectivity index (χ0n) is 10.1. The van der Waals surface area contributed by atoms with Crippen LogP contribution in [0.2, 0.25) is 0 Å². The second kappa shape index (κ2) is 5.89. The van der Waals surface area contributed by atoms with Crippen LogP contribution in [0, 0.1) is 10.1 Å². The molecule has 19 heavy (non-hydrogen) atoms. The Balaban J connectivity index is 2.05. The van der Waals surface area contributed by atoms with Crippen LogP contribution in [-0.2, 0) is 4.79 Å². The highest BCUT2D eigenvalue weighted by Crippen LogP contribution is 2.35. The van der Waals surface area contributed by atoms with E-state index < -0.39 is 4.92 Å². The number of hydrogen-bond acceptors (Lipinski definition) is 6. The molecule has 0 heterocycles. The lowest BCUT2D eigenvalue weighted by atomic mass is 10.3. The van der Waals surface area contributed by atoms with Gasteiger partial charge in [-0.1, -0.05) is 6.07 Å². The van der Waals surface area contributed by atoms with E-state index in [1.165, 1.54) is 6.07 Å². The summed E-state index contributed by atoms with van der Waals surface area (Å²) in [5, 5.41) is 13.9. The topological polar surface area (TPSA) is 110 Å². The van der Waals surface area contributed by atoms with E-state index in [9.17, 15) is 14.9 Å². The first-order valence-electron chi connectivity index (χ1n) is 5.78. The van der Waals surface area contributed by atoms with E-state index in [2.05, 4.69) is 10.7 Å². The summed E-state index contributed by atoms with van der Waals surface area (Å²) in [7, 11) is 0. The lowest BCUT2D eigenvalue weighted by molar-refractivity contribution is -0.386. The summed E-state index contributed by atoms with van der Waals surface area (Å²) in [6.45, 7) is 0. The molecular weight excluding hydrogens is 268 g/mol. The molecule has 1 fully saturated rings. The molecule has 1 aliphatic rings. The van der Waals surface area contributed by atoms with Crippen LogP contribution in [0.5, 0.6) is 0 Å². The maximum Gasteiger partial charge on any atom is 0.307 e. The Labute approximate surface area is 114 Å². The van der Waals surface area contributed by atoms with Crippen molar-refractivity contribution >= 4 is 29.0 Å². The molecule has 0 aliphatic heterocycles. The van der Waals surface area contributed by atoms with Gasteiger partial charge < -0.3 is 10.7 Å². The molecule has 102 valence electrons. The third-order valence-electron chi connectivity index (χ3n) is 2.64. The van der Waals surface area contributed by atoms with E-state index >= 15 is 0 Å². The second-order valence-corrected chi connectivity index (χ2v) is 5.20. The maximum atomic E-state index is 11.6. The maximum absolute atomic E-state index is 11.6. The summed E-state index contributed by atoms with van der Waals surface area (Å²) in [5.41, 5.74) is 2.42. The summed E-state index contributed by atoms with van der Waals surface area (Å²) in [6.07, 6.45) is 2.03. The molecule has 1 aromatic carbocycles. The number of nitro benzene ring substituents is 1. The van der Waals surface area contributed by atoms with Gasteiger partial charge in [-0.25, -0.2) is 0 Å². The Bertz CT molecular complexity index is 505. The number of rotatable bonds is 6. The van der Waals surface area contributed by atoms with Crippen molar-refractivity contribution in [1.29, 1.82) is 0 Å². The Morgan fingerprint density at radius 3 is 2.84 bits per heavy atom. The number of benzene rings is 1. The first-order valence-corrected chi connectivity index (χ1v) is 6.76. The highest BCUT2D eigenvalue weighted by molar-refractivity contribution is 8.00. The van der Waals surface area contributed by atoms with Crippen molar-refractivity contribution in [2.24, 2.45) is 5.84 Å². The smallest absolute Gasteiger partial charge is 0.307 e. The number of nitro groups is 1. The third kappa shape index (κ3) is 3.58. The summed E-state index contributed by atoms with van der Waals surface area (Å²) in [6, 6.07) is 5.07. The molecule has 0 unspecified atom stereocenters. The highest BCUT2D eigenvalue weighted by atomic mass is 32.2. The molecule has 2 rings (SSSR count). The lowest BCUT2D eigenvalue weighted by Gasteiger charge is -2.07. The summed E-state index contributed by atoms with van der Waals surface area (Å²) < 4.78 is 0. The van der Waals surface area contributed by atoms with Crippen molar-refractivity contribution in [3.63, 3.8) is 0 Å². The van der Waals surface area contributed by atoms with Gasteiger partial charge in [-0.2, -0.15) is 0 Å². The van der Waals surface area contributed by atoms with Crippen LogP contribution in [0.3, 0.4) is 0 Å². The molecule has 0 aromatic heterocycles. The lowest BCUT2D eigenvalue weighted by Crippen LogP contribution is -2.27. The number of anilines is 1. The van der Waals surface area contributed by atoms with Gasteiger partial charge >= 0.3 is 5.69 Å². The minimum atomic E-state index is -0.504. The van der Waals surface area contributed by atoms with E-state index in [4.69, 9.17) is 5.84 Å². The van der Waals surface area contributed by atoms with Crippen molar-refractivity contribution in [2.45, 2.75) is 23.8 Å². The molecule has 7 nitrogen and oxygen atoms in total. The van der Waals surface area contributed by atoms with Gasteiger partial charge in [0.1, 0.15) is 5.69 Å². The number of carbonyl (C=O) groups excluding carboxylic acids is 1. The molecule has 1 saturated carbocycles.